The van der Waals surface area contributed by atoms with Gasteiger partial charge in [-0.25, -0.2) is 9.97 Å². The van der Waals surface area contributed by atoms with Gasteiger partial charge in [-0.05, 0) is 29.8 Å². The van der Waals surface area contributed by atoms with Gasteiger partial charge in [0.2, 0.25) is 0 Å². The van der Waals surface area contributed by atoms with E-state index >= 15 is 0 Å². The van der Waals surface area contributed by atoms with E-state index in [4.69, 9.17) is 4.74 Å². The first-order valence-electron chi connectivity index (χ1n) is 7.54. The second kappa shape index (κ2) is 6.29. The highest BCUT2D eigenvalue weighted by molar-refractivity contribution is 7.17. The molecule has 4 nitrogen and oxygen atoms in total. The first-order valence-corrected chi connectivity index (χ1v) is 8.42. The van der Waals surface area contributed by atoms with Gasteiger partial charge < -0.3 is 10.1 Å². The van der Waals surface area contributed by atoms with Crippen molar-refractivity contribution in [2.24, 2.45) is 0 Å². The monoisotopic (exact) mass is 333 g/mol. The summed E-state index contributed by atoms with van der Waals surface area (Å²) in [5.41, 5.74) is 3.27. The molecule has 2 heterocycles. The molecule has 0 atom stereocenters. The Balaban J connectivity index is 1.79. The zero-order valence-corrected chi connectivity index (χ0v) is 13.9. The summed E-state index contributed by atoms with van der Waals surface area (Å²) >= 11 is 1.63. The first kappa shape index (κ1) is 14.7. The summed E-state index contributed by atoms with van der Waals surface area (Å²) in [7, 11) is 1.66. The highest BCUT2D eigenvalue weighted by Crippen LogP contribution is 2.37. The van der Waals surface area contributed by atoms with Crippen molar-refractivity contribution in [2.75, 3.05) is 12.4 Å². The molecule has 4 rings (SSSR count). The SMILES string of the molecule is COc1ccc(Nc2ncnc3scc(-c4ccccc4)c23)cc1. The Morgan fingerprint density at radius 3 is 2.50 bits per heavy atom. The lowest BCUT2D eigenvalue weighted by molar-refractivity contribution is 0.415. The Morgan fingerprint density at radius 2 is 1.75 bits per heavy atom. The minimum absolute atomic E-state index is 0.810. The van der Waals surface area contributed by atoms with Crippen LogP contribution in [0.15, 0.2) is 66.3 Å². The second-order valence-corrected chi connectivity index (χ2v) is 6.13. The van der Waals surface area contributed by atoms with Gasteiger partial charge in [0.05, 0.1) is 12.5 Å². The fourth-order valence-corrected chi connectivity index (χ4v) is 3.53. The van der Waals surface area contributed by atoms with Crippen LogP contribution in [0.2, 0.25) is 0 Å². The number of hydrogen-bond acceptors (Lipinski definition) is 5. The lowest BCUT2D eigenvalue weighted by Crippen LogP contribution is -1.95. The van der Waals surface area contributed by atoms with E-state index < -0.39 is 0 Å². The van der Waals surface area contributed by atoms with E-state index in [9.17, 15) is 0 Å². The average molecular weight is 333 g/mol. The molecule has 0 saturated carbocycles. The highest BCUT2D eigenvalue weighted by atomic mass is 32.1. The van der Waals surface area contributed by atoms with Crippen LogP contribution in [-0.4, -0.2) is 17.1 Å². The average Bonchev–Trinajstić information content (AvgIpc) is 3.08. The van der Waals surface area contributed by atoms with E-state index in [2.05, 4.69) is 32.8 Å². The Morgan fingerprint density at radius 1 is 0.958 bits per heavy atom. The number of ether oxygens (including phenoxy) is 1. The molecule has 0 saturated heterocycles. The molecule has 0 aliphatic carbocycles. The Labute approximate surface area is 143 Å². The molecule has 0 unspecified atom stereocenters. The number of methoxy groups -OCH3 is 1. The van der Waals surface area contributed by atoms with Crippen LogP contribution in [0.1, 0.15) is 0 Å². The molecule has 5 heteroatoms. The molecule has 2 aromatic heterocycles. The second-order valence-electron chi connectivity index (χ2n) is 5.27. The van der Waals surface area contributed by atoms with E-state index in [1.54, 1.807) is 24.8 Å². The number of hydrogen-bond donors (Lipinski definition) is 1. The van der Waals surface area contributed by atoms with Crippen LogP contribution in [0, 0.1) is 0 Å². The van der Waals surface area contributed by atoms with Gasteiger partial charge in [-0.1, -0.05) is 30.3 Å². The third-order valence-electron chi connectivity index (χ3n) is 3.81. The molecule has 0 amide bonds. The quantitative estimate of drug-likeness (QED) is 0.564. The van der Waals surface area contributed by atoms with Crippen molar-refractivity contribution < 1.29 is 4.74 Å². The van der Waals surface area contributed by atoms with Crippen LogP contribution in [-0.2, 0) is 0 Å². The molecule has 0 bridgehead atoms. The smallest absolute Gasteiger partial charge is 0.143 e. The maximum Gasteiger partial charge on any atom is 0.143 e. The standard InChI is InChI=1S/C19H15N3OS/c1-23-15-9-7-14(8-10-15)22-18-17-16(13-5-3-2-4-6-13)11-24-19(17)21-12-20-18/h2-12H,1H3,(H,20,21,22). The van der Waals surface area contributed by atoms with E-state index in [0.717, 1.165) is 38.6 Å². The van der Waals surface area contributed by atoms with Crippen molar-refractivity contribution in [1.82, 2.24) is 9.97 Å². The van der Waals surface area contributed by atoms with Crippen molar-refractivity contribution in [2.45, 2.75) is 0 Å². The third-order valence-corrected chi connectivity index (χ3v) is 4.69. The Hall–Kier alpha value is -2.92. The minimum atomic E-state index is 0.810. The van der Waals surface area contributed by atoms with Gasteiger partial charge in [0.25, 0.3) is 0 Å². The number of rotatable bonds is 4. The normalized spacial score (nSPS) is 10.7. The number of fused-ring (bicyclic) bond motifs is 1. The zero-order chi connectivity index (χ0) is 16.4. The van der Waals surface area contributed by atoms with Crippen LogP contribution >= 0.6 is 11.3 Å². The number of aromatic nitrogens is 2. The van der Waals surface area contributed by atoms with Crippen molar-refractivity contribution in [3.05, 3.63) is 66.3 Å². The molecule has 0 aliphatic heterocycles. The largest absolute Gasteiger partial charge is 0.497 e. The van der Waals surface area contributed by atoms with E-state index in [1.165, 1.54) is 0 Å². The summed E-state index contributed by atoms with van der Waals surface area (Å²) in [6, 6.07) is 18.1. The van der Waals surface area contributed by atoms with Gasteiger partial charge in [-0.2, -0.15) is 0 Å². The van der Waals surface area contributed by atoms with E-state index in [-0.39, 0.29) is 0 Å². The number of nitrogens with one attached hydrogen (secondary N) is 1. The molecule has 4 aromatic rings. The molecular weight excluding hydrogens is 318 g/mol. The predicted molar refractivity (Wildman–Crippen MR) is 99.1 cm³/mol. The topological polar surface area (TPSA) is 47.0 Å². The van der Waals surface area contributed by atoms with Crippen molar-refractivity contribution in [1.29, 1.82) is 0 Å². The molecular formula is C19H15N3OS. The van der Waals surface area contributed by atoms with Crippen LogP contribution in [0.4, 0.5) is 11.5 Å². The minimum Gasteiger partial charge on any atom is -0.497 e. The maximum absolute atomic E-state index is 5.20. The highest BCUT2D eigenvalue weighted by Gasteiger charge is 2.13. The van der Waals surface area contributed by atoms with E-state index in [0.29, 0.717) is 0 Å². The molecule has 0 aliphatic rings. The van der Waals surface area contributed by atoms with Gasteiger partial charge in [0.15, 0.2) is 0 Å². The number of thiophene rings is 1. The van der Waals surface area contributed by atoms with Crippen LogP contribution in [0.25, 0.3) is 21.3 Å². The van der Waals surface area contributed by atoms with E-state index in [1.807, 2.05) is 42.5 Å². The summed E-state index contributed by atoms with van der Waals surface area (Å²) in [4.78, 5) is 9.83. The summed E-state index contributed by atoms with van der Waals surface area (Å²) < 4.78 is 5.20. The van der Waals surface area contributed by atoms with Crippen molar-refractivity contribution in [3.63, 3.8) is 0 Å². The molecule has 24 heavy (non-hydrogen) atoms. The third kappa shape index (κ3) is 2.70. The first-order chi connectivity index (χ1) is 11.8. The zero-order valence-electron chi connectivity index (χ0n) is 13.1. The molecule has 0 radical (unpaired) electrons. The van der Waals surface area contributed by atoms with Crippen LogP contribution in [0.5, 0.6) is 5.75 Å². The van der Waals surface area contributed by atoms with Crippen LogP contribution in [0.3, 0.4) is 0 Å². The van der Waals surface area contributed by atoms with Gasteiger partial charge in [0.1, 0.15) is 22.7 Å². The predicted octanol–water partition coefficient (Wildman–Crippen LogP) is 5.11. The van der Waals surface area contributed by atoms with Crippen molar-refractivity contribution in [3.8, 4) is 16.9 Å². The fourth-order valence-electron chi connectivity index (χ4n) is 2.61. The summed E-state index contributed by atoms with van der Waals surface area (Å²) in [6.45, 7) is 0. The maximum atomic E-state index is 5.20. The fraction of sp³-hybridized carbons (Fsp3) is 0.0526. The molecule has 0 spiro atoms. The molecule has 118 valence electrons. The van der Waals surface area contributed by atoms with Crippen molar-refractivity contribution >= 4 is 33.1 Å². The Kier molecular flexibility index (Phi) is 3.84. The summed E-state index contributed by atoms with van der Waals surface area (Å²) in [5, 5.41) is 6.57. The van der Waals surface area contributed by atoms with Crippen LogP contribution < -0.4 is 10.1 Å². The van der Waals surface area contributed by atoms with Gasteiger partial charge in [0, 0.05) is 16.6 Å². The number of benzene rings is 2. The summed E-state index contributed by atoms with van der Waals surface area (Å²) in [5.74, 6) is 1.64. The van der Waals surface area contributed by atoms with Gasteiger partial charge >= 0.3 is 0 Å². The lowest BCUT2D eigenvalue weighted by Gasteiger charge is -2.09. The molecule has 2 aromatic carbocycles. The molecule has 1 N–H and O–H groups in total. The van der Waals surface area contributed by atoms with Gasteiger partial charge in [-0.3, -0.25) is 0 Å². The number of anilines is 2. The Bertz CT molecular complexity index is 965. The summed E-state index contributed by atoms with van der Waals surface area (Å²) in [6.07, 6.45) is 1.60. The number of nitrogens with zero attached hydrogens (tertiary/aromatic N) is 2. The lowest BCUT2D eigenvalue weighted by atomic mass is 10.1. The van der Waals surface area contributed by atoms with Gasteiger partial charge in [-0.15, -0.1) is 11.3 Å². The molecule has 0 fully saturated rings.